The van der Waals surface area contributed by atoms with E-state index in [0.29, 0.717) is 23.6 Å². The zero-order valence-corrected chi connectivity index (χ0v) is 22.0. The molecule has 0 aliphatic heterocycles. The van der Waals surface area contributed by atoms with Crippen LogP contribution in [-0.2, 0) is 6.54 Å². The van der Waals surface area contributed by atoms with Crippen LogP contribution in [0.4, 0.5) is 0 Å². The van der Waals surface area contributed by atoms with Gasteiger partial charge < -0.3 is 26.1 Å². The van der Waals surface area contributed by atoms with E-state index in [9.17, 15) is 4.79 Å². The normalized spacial score (nSPS) is 17.1. The van der Waals surface area contributed by atoms with Crippen LogP contribution in [0.1, 0.15) is 47.3 Å². The van der Waals surface area contributed by atoms with Crippen LogP contribution < -0.4 is 21.5 Å². The van der Waals surface area contributed by atoms with Crippen molar-refractivity contribution in [1.29, 1.82) is 5.41 Å². The molecule has 0 spiro atoms. The highest BCUT2D eigenvalue weighted by Crippen LogP contribution is 2.31. The first-order chi connectivity index (χ1) is 19.4. The highest BCUT2D eigenvalue weighted by molar-refractivity contribution is 6.02. The molecule has 1 saturated carbocycles. The highest BCUT2D eigenvalue weighted by Gasteiger charge is 2.24. The standard InChI is InChI=1S/C31H31N7O2/c32-23-8-10-24(11-9-23)37-30(39)28-16-20-6-7-21(29(33)34)17-27(20)38(28)18-22-15-25(40-31-35-12-3-13-36-31)14-19-4-1-2-5-26(19)22/h1-7,12-17,23-24H,8-11,18,32H2,(H3,33,34)(H,37,39). The maximum atomic E-state index is 13.7. The summed E-state index contributed by atoms with van der Waals surface area (Å²) in [5.74, 6) is 0.448. The number of rotatable bonds is 7. The highest BCUT2D eigenvalue weighted by atomic mass is 16.5. The number of hydrogen-bond donors (Lipinski definition) is 4. The van der Waals surface area contributed by atoms with E-state index >= 15 is 0 Å². The van der Waals surface area contributed by atoms with Gasteiger partial charge in [-0.05, 0) is 72.4 Å². The van der Waals surface area contributed by atoms with Crippen LogP contribution in [0.2, 0.25) is 0 Å². The fourth-order valence-corrected chi connectivity index (χ4v) is 5.47. The number of fused-ring (bicyclic) bond motifs is 2. The van der Waals surface area contributed by atoms with E-state index in [2.05, 4.69) is 21.4 Å². The van der Waals surface area contributed by atoms with Crippen LogP contribution in [0.5, 0.6) is 11.8 Å². The number of nitrogen functional groups attached to an aromatic ring is 1. The number of carbonyl (C=O) groups is 1. The predicted octanol–water partition coefficient (Wildman–Crippen LogP) is 4.71. The number of nitrogens with one attached hydrogen (secondary N) is 2. The number of benzene rings is 3. The Labute approximate surface area is 231 Å². The summed E-state index contributed by atoms with van der Waals surface area (Å²) in [5.41, 5.74) is 14.9. The van der Waals surface area contributed by atoms with Gasteiger partial charge in [0.05, 0.1) is 0 Å². The number of hydrogen-bond acceptors (Lipinski definition) is 6. The molecule has 0 unspecified atom stereocenters. The van der Waals surface area contributed by atoms with Crippen LogP contribution in [0, 0.1) is 5.41 Å². The van der Waals surface area contributed by atoms with E-state index in [0.717, 1.165) is 52.9 Å². The molecular weight excluding hydrogens is 502 g/mol. The lowest BCUT2D eigenvalue weighted by atomic mass is 9.92. The summed E-state index contributed by atoms with van der Waals surface area (Å²) in [7, 11) is 0. The van der Waals surface area contributed by atoms with Crippen molar-refractivity contribution in [2.24, 2.45) is 11.5 Å². The number of amides is 1. The molecule has 2 aromatic heterocycles. The number of ether oxygens (including phenoxy) is 1. The fraction of sp³-hybridized carbons (Fsp3) is 0.226. The molecule has 202 valence electrons. The van der Waals surface area contributed by atoms with E-state index < -0.39 is 0 Å². The third-order valence-corrected chi connectivity index (χ3v) is 7.56. The zero-order valence-electron chi connectivity index (χ0n) is 22.0. The lowest BCUT2D eigenvalue weighted by molar-refractivity contribution is 0.0917. The monoisotopic (exact) mass is 533 g/mol. The SMILES string of the molecule is N=C(N)c1ccc2cc(C(=O)NC3CCC(N)CC3)n(Cc3cc(Oc4ncccn4)cc4ccccc34)c2c1. The topological polar surface area (TPSA) is 145 Å². The van der Waals surface area contributed by atoms with Crippen molar-refractivity contribution in [1.82, 2.24) is 19.9 Å². The Bertz CT molecular complexity index is 1710. The third-order valence-electron chi connectivity index (χ3n) is 7.56. The Morgan fingerprint density at radius 1 is 0.975 bits per heavy atom. The third kappa shape index (κ3) is 5.23. The maximum absolute atomic E-state index is 13.7. The zero-order chi connectivity index (χ0) is 27.6. The molecule has 0 atom stereocenters. The molecule has 3 aromatic carbocycles. The van der Waals surface area contributed by atoms with Gasteiger partial charge in [0.15, 0.2) is 0 Å². The number of nitrogens with zero attached hydrogens (tertiary/aromatic N) is 3. The molecule has 9 heteroatoms. The van der Waals surface area contributed by atoms with Gasteiger partial charge in [-0.25, -0.2) is 9.97 Å². The van der Waals surface area contributed by atoms with Gasteiger partial charge in [-0.1, -0.05) is 36.4 Å². The van der Waals surface area contributed by atoms with E-state index in [4.69, 9.17) is 21.6 Å². The molecule has 0 bridgehead atoms. The molecular formula is C31H31N7O2. The summed E-state index contributed by atoms with van der Waals surface area (Å²) in [6.45, 7) is 0.399. The lowest BCUT2D eigenvalue weighted by Gasteiger charge is -2.27. The van der Waals surface area contributed by atoms with Gasteiger partial charge in [0.1, 0.15) is 17.3 Å². The molecule has 6 N–H and O–H groups in total. The minimum absolute atomic E-state index is 0.0251. The van der Waals surface area contributed by atoms with E-state index in [1.54, 1.807) is 18.5 Å². The molecule has 40 heavy (non-hydrogen) atoms. The van der Waals surface area contributed by atoms with Crippen LogP contribution in [-0.4, -0.2) is 38.4 Å². The number of amidine groups is 1. The summed E-state index contributed by atoms with van der Waals surface area (Å²) >= 11 is 0. The van der Waals surface area contributed by atoms with Crippen molar-refractivity contribution in [3.63, 3.8) is 0 Å². The average molecular weight is 534 g/mol. The molecule has 1 aliphatic rings. The summed E-state index contributed by atoms with van der Waals surface area (Å²) in [6, 6.07) is 21.8. The molecule has 0 saturated heterocycles. The van der Waals surface area contributed by atoms with Crippen molar-refractivity contribution in [3.05, 3.63) is 95.9 Å². The second-order valence-electron chi connectivity index (χ2n) is 10.3. The summed E-state index contributed by atoms with van der Waals surface area (Å²) in [4.78, 5) is 22.1. The number of nitrogens with two attached hydrogens (primary N) is 2. The van der Waals surface area contributed by atoms with Gasteiger partial charge in [-0.15, -0.1) is 0 Å². The fourth-order valence-electron chi connectivity index (χ4n) is 5.47. The molecule has 1 amide bonds. The molecule has 1 fully saturated rings. The van der Waals surface area contributed by atoms with Crippen molar-refractivity contribution >= 4 is 33.4 Å². The molecule has 5 aromatic rings. The average Bonchev–Trinajstić information content (AvgIpc) is 3.32. The molecule has 6 rings (SSSR count). The van der Waals surface area contributed by atoms with Gasteiger partial charge >= 0.3 is 6.01 Å². The molecule has 1 aliphatic carbocycles. The van der Waals surface area contributed by atoms with Gasteiger partial charge in [-0.3, -0.25) is 10.2 Å². The van der Waals surface area contributed by atoms with Crippen LogP contribution >= 0.6 is 0 Å². The Balaban J connectivity index is 1.43. The van der Waals surface area contributed by atoms with Gasteiger partial charge in [0.25, 0.3) is 5.91 Å². The minimum Gasteiger partial charge on any atom is -0.424 e. The van der Waals surface area contributed by atoms with Crippen molar-refractivity contribution in [2.75, 3.05) is 0 Å². The quantitative estimate of drug-likeness (QED) is 0.176. The summed E-state index contributed by atoms with van der Waals surface area (Å²) in [6.07, 6.45) is 6.81. The van der Waals surface area contributed by atoms with Gasteiger partial charge in [-0.2, -0.15) is 0 Å². The number of aromatic nitrogens is 3. The van der Waals surface area contributed by atoms with E-state index in [1.165, 1.54) is 0 Å². The van der Waals surface area contributed by atoms with Crippen molar-refractivity contribution < 1.29 is 9.53 Å². The van der Waals surface area contributed by atoms with Crippen molar-refractivity contribution in [2.45, 2.75) is 44.3 Å². The minimum atomic E-state index is -0.129. The van der Waals surface area contributed by atoms with E-state index in [-0.39, 0.29) is 29.8 Å². The van der Waals surface area contributed by atoms with Crippen molar-refractivity contribution in [3.8, 4) is 11.8 Å². The molecule has 2 heterocycles. The second kappa shape index (κ2) is 10.8. The summed E-state index contributed by atoms with van der Waals surface area (Å²) in [5, 5.41) is 14.1. The first-order valence-electron chi connectivity index (χ1n) is 13.5. The van der Waals surface area contributed by atoms with Crippen LogP contribution in [0.3, 0.4) is 0 Å². The Kier molecular flexibility index (Phi) is 6.88. The van der Waals surface area contributed by atoms with Crippen LogP contribution in [0.15, 0.2) is 79.1 Å². The summed E-state index contributed by atoms with van der Waals surface area (Å²) < 4.78 is 8.00. The predicted molar refractivity (Wildman–Crippen MR) is 156 cm³/mol. The first-order valence-corrected chi connectivity index (χ1v) is 13.5. The Hall–Kier alpha value is -4.76. The van der Waals surface area contributed by atoms with Crippen LogP contribution in [0.25, 0.3) is 21.7 Å². The Morgan fingerprint density at radius 2 is 1.75 bits per heavy atom. The van der Waals surface area contributed by atoms with Gasteiger partial charge in [0, 0.05) is 47.5 Å². The smallest absolute Gasteiger partial charge is 0.321 e. The largest absolute Gasteiger partial charge is 0.424 e. The first kappa shape index (κ1) is 25.5. The molecule has 9 nitrogen and oxygen atoms in total. The number of carbonyl (C=O) groups excluding carboxylic acids is 1. The second-order valence-corrected chi connectivity index (χ2v) is 10.3. The van der Waals surface area contributed by atoms with E-state index in [1.807, 2.05) is 59.2 Å². The van der Waals surface area contributed by atoms with Gasteiger partial charge in [0.2, 0.25) is 0 Å². The maximum Gasteiger partial charge on any atom is 0.321 e. The molecule has 0 radical (unpaired) electrons. The lowest BCUT2D eigenvalue weighted by Crippen LogP contribution is -2.41. The Morgan fingerprint density at radius 3 is 2.52 bits per heavy atom.